The molecular weight excluding hydrogens is 420 g/mol. The number of aromatic amines is 1. The Morgan fingerprint density at radius 3 is 2.94 bits per heavy atom. The molecule has 33 heavy (non-hydrogen) atoms. The molecule has 0 unspecified atom stereocenters. The molecule has 0 aliphatic carbocycles. The van der Waals surface area contributed by atoms with E-state index in [2.05, 4.69) is 32.5 Å². The topological polar surface area (TPSA) is 135 Å². The van der Waals surface area contributed by atoms with Gasteiger partial charge in [-0.25, -0.2) is 4.98 Å². The van der Waals surface area contributed by atoms with E-state index in [0.717, 1.165) is 35.9 Å². The van der Waals surface area contributed by atoms with E-state index in [4.69, 9.17) is 5.73 Å². The molecule has 2 atom stereocenters. The molecular formula is C23H26N8O2. The minimum Gasteiger partial charge on any atom is -0.383 e. The number of rotatable bonds is 3. The molecule has 1 saturated heterocycles. The first kappa shape index (κ1) is 20.9. The molecule has 4 heterocycles. The third kappa shape index (κ3) is 3.77. The van der Waals surface area contributed by atoms with E-state index >= 15 is 0 Å². The van der Waals surface area contributed by atoms with Crippen LogP contribution in [0.5, 0.6) is 0 Å². The van der Waals surface area contributed by atoms with Gasteiger partial charge in [0.15, 0.2) is 0 Å². The molecule has 170 valence electrons. The lowest BCUT2D eigenvalue weighted by Gasteiger charge is -2.38. The Balaban J connectivity index is 1.42. The number of nitrogens with two attached hydrogens (primary N) is 1. The Labute approximate surface area is 190 Å². The Morgan fingerprint density at radius 1 is 1.27 bits per heavy atom. The Kier molecular flexibility index (Phi) is 5.20. The fourth-order valence-electron chi connectivity index (χ4n) is 4.53. The number of H-pyrrole nitrogens is 1. The van der Waals surface area contributed by atoms with Crippen LogP contribution >= 0.6 is 0 Å². The van der Waals surface area contributed by atoms with Crippen molar-refractivity contribution in [2.24, 2.45) is 5.92 Å². The van der Waals surface area contributed by atoms with Crippen LogP contribution in [0.2, 0.25) is 0 Å². The molecule has 3 aromatic heterocycles. The van der Waals surface area contributed by atoms with Crippen molar-refractivity contribution in [3.05, 3.63) is 42.4 Å². The largest absolute Gasteiger partial charge is 0.383 e. The van der Waals surface area contributed by atoms with Crippen LogP contribution in [0, 0.1) is 5.92 Å². The number of nitrogen functional groups attached to an aromatic ring is 1. The van der Waals surface area contributed by atoms with Crippen molar-refractivity contribution < 1.29 is 9.59 Å². The number of hydrogen-bond acceptors (Lipinski definition) is 6. The summed E-state index contributed by atoms with van der Waals surface area (Å²) >= 11 is 0. The highest BCUT2D eigenvalue weighted by Gasteiger charge is 2.34. The van der Waals surface area contributed by atoms with Crippen LogP contribution < -0.4 is 11.1 Å². The van der Waals surface area contributed by atoms with Gasteiger partial charge in [0.2, 0.25) is 0 Å². The third-order valence-corrected chi connectivity index (χ3v) is 6.33. The van der Waals surface area contributed by atoms with Gasteiger partial charge in [-0.2, -0.15) is 10.2 Å². The highest BCUT2D eigenvalue weighted by Crippen LogP contribution is 2.35. The van der Waals surface area contributed by atoms with Crippen molar-refractivity contribution in [1.29, 1.82) is 0 Å². The zero-order chi connectivity index (χ0) is 23.1. The van der Waals surface area contributed by atoms with E-state index in [1.165, 1.54) is 12.4 Å². The number of likely N-dealkylation sites (tertiary alicyclic amines) is 1. The minimum atomic E-state index is -0.715. The van der Waals surface area contributed by atoms with Crippen LogP contribution in [-0.4, -0.2) is 48.2 Å². The van der Waals surface area contributed by atoms with E-state index in [1.807, 2.05) is 36.0 Å². The number of pyridine rings is 1. The fourth-order valence-corrected chi connectivity index (χ4v) is 4.53. The Bertz CT molecular complexity index is 1360. The van der Waals surface area contributed by atoms with Crippen LogP contribution in [0.1, 0.15) is 38.3 Å². The van der Waals surface area contributed by atoms with Gasteiger partial charge in [0, 0.05) is 24.7 Å². The van der Waals surface area contributed by atoms with Gasteiger partial charge in [-0.3, -0.25) is 19.4 Å². The summed E-state index contributed by atoms with van der Waals surface area (Å²) in [4.78, 5) is 32.1. The van der Waals surface area contributed by atoms with Crippen LogP contribution in [0.4, 0.5) is 11.5 Å². The number of benzene rings is 1. The predicted octanol–water partition coefficient (Wildman–Crippen LogP) is 2.85. The number of nitrogens with one attached hydrogen (secondary N) is 2. The second kappa shape index (κ2) is 8.19. The monoisotopic (exact) mass is 446 g/mol. The number of amides is 2. The molecule has 4 aromatic rings. The number of hydrogen-bond donors (Lipinski definition) is 3. The number of anilines is 2. The highest BCUT2D eigenvalue weighted by molar-refractivity contribution is 6.40. The van der Waals surface area contributed by atoms with Crippen molar-refractivity contribution in [2.45, 2.75) is 39.3 Å². The molecule has 0 radical (unpaired) electrons. The van der Waals surface area contributed by atoms with Gasteiger partial charge in [-0.05, 0) is 37.3 Å². The molecule has 0 bridgehead atoms. The SMILES string of the molecule is CCn1cc2ccc([C@H]3CC[C@H](C)CN3C(=O)C(=O)Nc3cnc(N)c4cn[nH]c34)cc2n1. The number of carbonyl (C=O) groups excluding carboxylic acids is 2. The summed E-state index contributed by atoms with van der Waals surface area (Å²) < 4.78 is 1.89. The van der Waals surface area contributed by atoms with Crippen molar-refractivity contribution >= 4 is 45.1 Å². The second-order valence-corrected chi connectivity index (χ2v) is 8.63. The fraction of sp³-hybridized carbons (Fsp3) is 0.348. The quantitative estimate of drug-likeness (QED) is 0.414. The molecule has 1 aliphatic rings. The van der Waals surface area contributed by atoms with Crippen LogP contribution in [0.3, 0.4) is 0 Å². The smallest absolute Gasteiger partial charge is 0.314 e. The molecule has 0 saturated carbocycles. The summed E-state index contributed by atoms with van der Waals surface area (Å²) in [5.74, 6) is -0.685. The van der Waals surface area contributed by atoms with Crippen LogP contribution in [0.25, 0.3) is 21.8 Å². The van der Waals surface area contributed by atoms with Crippen molar-refractivity contribution in [1.82, 2.24) is 29.9 Å². The molecule has 1 aliphatic heterocycles. The first-order valence-corrected chi connectivity index (χ1v) is 11.1. The normalized spacial score (nSPS) is 18.7. The maximum absolute atomic E-state index is 13.3. The molecule has 0 spiro atoms. The maximum Gasteiger partial charge on any atom is 0.314 e. The summed E-state index contributed by atoms with van der Waals surface area (Å²) in [6.45, 7) is 5.44. The number of aromatic nitrogens is 5. The van der Waals surface area contributed by atoms with Crippen molar-refractivity contribution in [3.63, 3.8) is 0 Å². The van der Waals surface area contributed by atoms with Gasteiger partial charge in [-0.15, -0.1) is 0 Å². The lowest BCUT2D eigenvalue weighted by atomic mass is 9.89. The number of aryl methyl sites for hydroxylation is 1. The third-order valence-electron chi connectivity index (χ3n) is 6.33. The lowest BCUT2D eigenvalue weighted by molar-refractivity contribution is -0.146. The van der Waals surface area contributed by atoms with Gasteiger partial charge >= 0.3 is 11.8 Å². The molecule has 4 N–H and O–H groups in total. The average molecular weight is 447 g/mol. The van der Waals surface area contributed by atoms with Gasteiger partial charge in [-0.1, -0.05) is 19.1 Å². The standard InChI is InChI=1S/C23H26N8O2/c1-3-30-12-15-6-5-14(8-17(15)29-30)19-7-4-13(2)11-31(19)23(33)22(32)27-18-10-25-21(24)16-9-26-28-20(16)18/h5-6,8-10,12-13,19H,3-4,7,11H2,1-2H3,(H2,24,25)(H,26,28)(H,27,32)/t13-,19+/m0/s1. The summed E-state index contributed by atoms with van der Waals surface area (Å²) in [5, 5.41) is 15.7. The number of fused-ring (bicyclic) bond motifs is 2. The molecule has 1 aromatic carbocycles. The van der Waals surface area contributed by atoms with E-state index in [9.17, 15) is 9.59 Å². The zero-order valence-corrected chi connectivity index (χ0v) is 18.6. The average Bonchev–Trinajstić information content (AvgIpc) is 3.47. The summed E-state index contributed by atoms with van der Waals surface area (Å²) in [7, 11) is 0. The van der Waals surface area contributed by atoms with E-state index in [0.29, 0.717) is 34.9 Å². The molecule has 2 amide bonds. The molecule has 1 fully saturated rings. The van der Waals surface area contributed by atoms with Crippen molar-refractivity contribution in [2.75, 3.05) is 17.6 Å². The second-order valence-electron chi connectivity index (χ2n) is 8.63. The van der Waals surface area contributed by atoms with Crippen molar-refractivity contribution in [3.8, 4) is 0 Å². The molecule has 5 rings (SSSR count). The van der Waals surface area contributed by atoms with E-state index < -0.39 is 11.8 Å². The predicted molar refractivity (Wildman–Crippen MR) is 125 cm³/mol. The summed E-state index contributed by atoms with van der Waals surface area (Å²) in [5.41, 5.74) is 8.63. The molecule has 10 nitrogen and oxygen atoms in total. The number of carbonyl (C=O) groups is 2. The Morgan fingerprint density at radius 2 is 2.12 bits per heavy atom. The first-order chi connectivity index (χ1) is 15.9. The van der Waals surface area contributed by atoms with Crippen LogP contribution in [-0.2, 0) is 16.1 Å². The molecule has 10 heteroatoms. The Hall–Kier alpha value is -3.95. The summed E-state index contributed by atoms with van der Waals surface area (Å²) in [6.07, 6.45) is 6.74. The lowest BCUT2D eigenvalue weighted by Crippen LogP contribution is -2.46. The number of nitrogens with zero attached hydrogens (tertiary/aromatic N) is 5. The van der Waals surface area contributed by atoms with E-state index in [1.54, 1.807) is 4.90 Å². The zero-order valence-electron chi connectivity index (χ0n) is 18.6. The maximum atomic E-state index is 13.3. The summed E-state index contributed by atoms with van der Waals surface area (Å²) in [6, 6.07) is 5.89. The van der Waals surface area contributed by atoms with E-state index in [-0.39, 0.29) is 6.04 Å². The highest BCUT2D eigenvalue weighted by atomic mass is 16.2. The van der Waals surface area contributed by atoms with Gasteiger partial charge in [0.25, 0.3) is 0 Å². The van der Waals surface area contributed by atoms with Crippen LogP contribution in [0.15, 0.2) is 36.8 Å². The minimum absolute atomic E-state index is 0.188. The van der Waals surface area contributed by atoms with Gasteiger partial charge in [0.1, 0.15) is 5.82 Å². The van der Waals surface area contributed by atoms with Gasteiger partial charge in [0.05, 0.1) is 40.5 Å². The number of piperidine rings is 1. The van der Waals surface area contributed by atoms with Gasteiger partial charge < -0.3 is 16.0 Å². The first-order valence-electron chi connectivity index (χ1n) is 11.1.